The maximum Gasteiger partial charge on any atom is 0.112 e. The Hall–Kier alpha value is -1.24. The van der Waals surface area contributed by atoms with Gasteiger partial charge in [-0.3, -0.25) is 0 Å². The first-order valence-electron chi connectivity index (χ1n) is 8.68. The van der Waals surface area contributed by atoms with E-state index in [1.54, 1.807) is 0 Å². The van der Waals surface area contributed by atoms with Crippen LogP contribution in [0.15, 0.2) is 48.3 Å². The Morgan fingerprint density at radius 1 is 1.23 bits per heavy atom. The van der Waals surface area contributed by atoms with E-state index in [2.05, 4.69) is 66.0 Å². The highest BCUT2D eigenvalue weighted by Crippen LogP contribution is 2.14. The lowest BCUT2D eigenvalue weighted by Gasteiger charge is -2.12. The average molecular weight is 305 g/mol. The van der Waals surface area contributed by atoms with Gasteiger partial charge in [0, 0.05) is 6.42 Å². The fourth-order valence-electron chi connectivity index (χ4n) is 2.15. The smallest absolute Gasteiger partial charge is 0.112 e. The van der Waals surface area contributed by atoms with Crippen LogP contribution in [0.1, 0.15) is 66.7 Å². The molecule has 0 N–H and O–H groups in total. The molecular weight excluding hydrogens is 268 g/mol. The quantitative estimate of drug-likeness (QED) is 0.352. The zero-order valence-corrected chi connectivity index (χ0v) is 15.5. The summed E-state index contributed by atoms with van der Waals surface area (Å²) >= 11 is 0. The van der Waals surface area contributed by atoms with E-state index in [1.165, 1.54) is 24.0 Å². The van der Waals surface area contributed by atoms with Crippen LogP contribution < -0.4 is 0 Å². The van der Waals surface area contributed by atoms with Crippen molar-refractivity contribution in [1.29, 1.82) is 0 Å². The molecule has 1 heteroatoms. The molecule has 22 heavy (non-hydrogen) atoms. The van der Waals surface area contributed by atoms with E-state index in [4.69, 9.17) is 4.74 Å². The molecule has 0 spiro atoms. The standard InChI is InChI=1S/C13H20O.C8H16/c1-11(2)9-12(3)14-10-13-7-5-4-6-8-13;1-5-6-8(4)7(2)3/h5,7-8,11H,3-4,6,9-10H2,1-2H3;8H,2,5-6H2,1,3-4H3/t;8-/m.1/s1. The SMILES string of the molecule is C=C(C)[C@H](C)CCC.C=C(CC(C)C)OCC1=CCCC=C1. The zero-order chi connectivity index (χ0) is 17.0. The molecule has 0 bridgehead atoms. The summed E-state index contributed by atoms with van der Waals surface area (Å²) in [4.78, 5) is 0. The monoisotopic (exact) mass is 304 g/mol. The Balaban J connectivity index is 0.000000472. The number of hydrogen-bond acceptors (Lipinski definition) is 1. The van der Waals surface area contributed by atoms with Crippen molar-refractivity contribution >= 4 is 0 Å². The number of hydrogen-bond donors (Lipinski definition) is 0. The Morgan fingerprint density at radius 3 is 2.32 bits per heavy atom. The van der Waals surface area contributed by atoms with Gasteiger partial charge in [-0.25, -0.2) is 0 Å². The molecule has 126 valence electrons. The lowest BCUT2D eigenvalue weighted by Crippen LogP contribution is -2.00. The Kier molecular flexibility index (Phi) is 11.6. The predicted octanol–water partition coefficient (Wildman–Crippen LogP) is 6.84. The van der Waals surface area contributed by atoms with Gasteiger partial charge in [-0.15, -0.1) is 0 Å². The molecule has 1 nitrogen and oxygen atoms in total. The molecular formula is C21H36O. The van der Waals surface area contributed by atoms with E-state index in [9.17, 15) is 0 Å². The van der Waals surface area contributed by atoms with Gasteiger partial charge in [0.2, 0.25) is 0 Å². The van der Waals surface area contributed by atoms with Crippen LogP contribution in [0.2, 0.25) is 0 Å². The van der Waals surface area contributed by atoms with E-state index in [0.717, 1.165) is 30.9 Å². The lowest BCUT2D eigenvalue weighted by atomic mass is 10.00. The van der Waals surface area contributed by atoms with E-state index in [-0.39, 0.29) is 0 Å². The number of allylic oxidation sites excluding steroid dienone is 4. The molecule has 0 fully saturated rings. The molecule has 0 aromatic rings. The van der Waals surface area contributed by atoms with Gasteiger partial charge in [-0.1, -0.05) is 71.1 Å². The van der Waals surface area contributed by atoms with Crippen LogP contribution in [0.5, 0.6) is 0 Å². The van der Waals surface area contributed by atoms with Crippen LogP contribution in [-0.2, 0) is 4.74 Å². The molecule has 1 atom stereocenters. The number of ether oxygens (including phenoxy) is 1. The molecule has 0 saturated heterocycles. The van der Waals surface area contributed by atoms with Crippen molar-refractivity contribution in [3.63, 3.8) is 0 Å². The fourth-order valence-corrected chi connectivity index (χ4v) is 2.15. The molecule has 0 aliphatic heterocycles. The van der Waals surface area contributed by atoms with Crippen molar-refractivity contribution in [2.45, 2.75) is 66.7 Å². The summed E-state index contributed by atoms with van der Waals surface area (Å²) in [6, 6.07) is 0. The van der Waals surface area contributed by atoms with Crippen LogP contribution in [0.3, 0.4) is 0 Å². The van der Waals surface area contributed by atoms with Gasteiger partial charge in [-0.05, 0) is 43.6 Å². The summed E-state index contributed by atoms with van der Waals surface area (Å²) in [5.41, 5.74) is 2.59. The lowest BCUT2D eigenvalue weighted by molar-refractivity contribution is 0.223. The second-order valence-electron chi connectivity index (χ2n) is 6.72. The van der Waals surface area contributed by atoms with Crippen LogP contribution >= 0.6 is 0 Å². The van der Waals surface area contributed by atoms with Crippen molar-refractivity contribution < 1.29 is 4.74 Å². The summed E-state index contributed by atoms with van der Waals surface area (Å²) in [6.45, 7) is 19.3. The highest BCUT2D eigenvalue weighted by atomic mass is 16.5. The first-order chi connectivity index (χ1) is 10.4. The van der Waals surface area contributed by atoms with Crippen molar-refractivity contribution in [1.82, 2.24) is 0 Å². The summed E-state index contributed by atoms with van der Waals surface area (Å²) in [6.07, 6.45) is 12.4. The zero-order valence-electron chi connectivity index (χ0n) is 15.5. The first kappa shape index (κ1) is 20.8. The van der Waals surface area contributed by atoms with Crippen LogP contribution in [0, 0.1) is 11.8 Å². The topological polar surface area (TPSA) is 9.23 Å². The minimum absolute atomic E-state index is 0.623. The van der Waals surface area contributed by atoms with E-state index in [0.29, 0.717) is 12.5 Å². The summed E-state index contributed by atoms with van der Waals surface area (Å²) < 4.78 is 5.58. The Morgan fingerprint density at radius 2 is 1.91 bits per heavy atom. The van der Waals surface area contributed by atoms with E-state index < -0.39 is 0 Å². The maximum absolute atomic E-state index is 5.58. The van der Waals surface area contributed by atoms with Crippen molar-refractivity contribution in [2.24, 2.45) is 11.8 Å². The third kappa shape index (κ3) is 11.4. The van der Waals surface area contributed by atoms with Crippen LogP contribution in [-0.4, -0.2) is 6.61 Å². The molecule has 0 unspecified atom stereocenters. The van der Waals surface area contributed by atoms with Gasteiger partial charge in [-0.2, -0.15) is 0 Å². The van der Waals surface area contributed by atoms with Gasteiger partial charge >= 0.3 is 0 Å². The van der Waals surface area contributed by atoms with Crippen LogP contribution in [0.25, 0.3) is 0 Å². The average Bonchev–Trinajstić information content (AvgIpc) is 2.46. The largest absolute Gasteiger partial charge is 0.494 e. The predicted molar refractivity (Wildman–Crippen MR) is 99.9 cm³/mol. The van der Waals surface area contributed by atoms with Gasteiger partial charge in [0.15, 0.2) is 0 Å². The third-order valence-corrected chi connectivity index (χ3v) is 3.71. The summed E-state index contributed by atoms with van der Waals surface area (Å²) in [5, 5.41) is 0. The Bertz CT molecular complexity index is 385. The third-order valence-electron chi connectivity index (χ3n) is 3.71. The van der Waals surface area contributed by atoms with Crippen LogP contribution in [0.4, 0.5) is 0 Å². The molecule has 0 aromatic heterocycles. The van der Waals surface area contributed by atoms with Crippen molar-refractivity contribution in [2.75, 3.05) is 6.61 Å². The minimum atomic E-state index is 0.623. The van der Waals surface area contributed by atoms with Crippen molar-refractivity contribution in [3.05, 3.63) is 48.3 Å². The normalized spacial score (nSPS) is 14.7. The Labute approximate surface area is 138 Å². The molecule has 0 amide bonds. The van der Waals surface area contributed by atoms with E-state index >= 15 is 0 Å². The fraction of sp³-hybridized carbons (Fsp3) is 0.619. The summed E-state index contributed by atoms with van der Waals surface area (Å²) in [7, 11) is 0. The minimum Gasteiger partial charge on any atom is -0.494 e. The van der Waals surface area contributed by atoms with Gasteiger partial charge < -0.3 is 4.74 Å². The molecule has 0 heterocycles. The van der Waals surface area contributed by atoms with Gasteiger partial charge in [0.25, 0.3) is 0 Å². The molecule has 1 aliphatic rings. The van der Waals surface area contributed by atoms with Gasteiger partial charge in [0.05, 0.1) is 5.76 Å². The van der Waals surface area contributed by atoms with Gasteiger partial charge in [0.1, 0.15) is 6.61 Å². The highest BCUT2D eigenvalue weighted by molar-refractivity contribution is 5.22. The summed E-state index contributed by atoms with van der Waals surface area (Å²) in [5.74, 6) is 2.25. The molecule has 0 aromatic carbocycles. The molecule has 0 radical (unpaired) electrons. The highest BCUT2D eigenvalue weighted by Gasteiger charge is 2.02. The maximum atomic E-state index is 5.58. The molecule has 1 rings (SSSR count). The first-order valence-corrected chi connectivity index (χ1v) is 8.68. The molecule has 0 saturated carbocycles. The van der Waals surface area contributed by atoms with Crippen molar-refractivity contribution in [3.8, 4) is 0 Å². The number of rotatable bonds is 8. The molecule has 1 aliphatic carbocycles. The second kappa shape index (κ2) is 12.3. The van der Waals surface area contributed by atoms with E-state index in [1.807, 2.05) is 0 Å². The second-order valence-corrected chi connectivity index (χ2v) is 6.72.